The van der Waals surface area contributed by atoms with Crippen LogP contribution in [0.4, 0.5) is 0 Å². The highest BCUT2D eigenvalue weighted by molar-refractivity contribution is 5.99. The van der Waals surface area contributed by atoms with Gasteiger partial charge in [0.05, 0.1) is 0 Å². The minimum absolute atomic E-state index is 0.133. The van der Waals surface area contributed by atoms with E-state index in [0.29, 0.717) is 18.2 Å². The first-order valence-corrected chi connectivity index (χ1v) is 7.46. The van der Waals surface area contributed by atoms with Crippen molar-refractivity contribution in [3.05, 3.63) is 59.4 Å². The fourth-order valence-electron chi connectivity index (χ4n) is 3.25. The number of Topliss-reactive ketones (excluding diaryl/α,β-unsaturated/α-hetero) is 1. The molecule has 0 saturated heterocycles. The van der Waals surface area contributed by atoms with Crippen LogP contribution in [0.15, 0.2) is 53.9 Å². The van der Waals surface area contributed by atoms with Crippen molar-refractivity contribution in [2.24, 2.45) is 0 Å². The van der Waals surface area contributed by atoms with Crippen LogP contribution in [-0.4, -0.2) is 16.7 Å². The van der Waals surface area contributed by atoms with Gasteiger partial charge < -0.3 is 4.90 Å². The molecule has 0 spiro atoms. The number of rotatable bonds is 2. The van der Waals surface area contributed by atoms with Gasteiger partial charge in [0, 0.05) is 35.9 Å². The fourth-order valence-corrected chi connectivity index (χ4v) is 3.25. The van der Waals surface area contributed by atoms with Crippen LogP contribution < -0.4 is 0 Å². The molecular formula is C18H21NO. The van der Waals surface area contributed by atoms with Crippen LogP contribution in [0.25, 0.3) is 0 Å². The van der Waals surface area contributed by atoms with E-state index in [1.807, 2.05) is 18.2 Å². The average molecular weight is 267 g/mol. The summed E-state index contributed by atoms with van der Waals surface area (Å²) in [6.45, 7) is 4.35. The highest BCUT2D eigenvalue weighted by atomic mass is 16.1. The molecule has 2 nitrogen and oxygen atoms in total. The van der Waals surface area contributed by atoms with Gasteiger partial charge in [-0.2, -0.15) is 0 Å². The molecule has 1 aromatic rings. The molecule has 0 radical (unpaired) electrons. The average Bonchev–Trinajstić information content (AvgIpc) is 2.47. The summed E-state index contributed by atoms with van der Waals surface area (Å²) >= 11 is 0. The summed E-state index contributed by atoms with van der Waals surface area (Å²) in [6.07, 6.45) is 7.04. The van der Waals surface area contributed by atoms with Gasteiger partial charge in [-0.3, -0.25) is 4.79 Å². The van der Waals surface area contributed by atoms with Gasteiger partial charge in [0.1, 0.15) is 0 Å². The minimum atomic E-state index is 0.133. The van der Waals surface area contributed by atoms with E-state index in [4.69, 9.17) is 0 Å². The van der Waals surface area contributed by atoms with Crippen LogP contribution in [0.3, 0.4) is 0 Å². The van der Waals surface area contributed by atoms with Crippen molar-refractivity contribution in [1.82, 2.24) is 4.90 Å². The van der Waals surface area contributed by atoms with Gasteiger partial charge in [-0.1, -0.05) is 36.4 Å². The van der Waals surface area contributed by atoms with Crippen molar-refractivity contribution in [1.29, 1.82) is 0 Å². The van der Waals surface area contributed by atoms with Crippen molar-refractivity contribution in [2.75, 3.05) is 0 Å². The smallest absolute Gasteiger partial charge is 0.161 e. The zero-order valence-electron chi connectivity index (χ0n) is 12.2. The Labute approximate surface area is 120 Å². The Morgan fingerprint density at radius 2 is 1.90 bits per heavy atom. The zero-order valence-corrected chi connectivity index (χ0v) is 12.2. The molecule has 0 unspecified atom stereocenters. The molecule has 1 aromatic carbocycles. The van der Waals surface area contributed by atoms with Crippen LogP contribution >= 0.6 is 0 Å². The van der Waals surface area contributed by atoms with E-state index in [1.54, 1.807) is 0 Å². The Balaban J connectivity index is 2.07. The fraction of sp³-hybridized carbons (Fsp3) is 0.389. The third kappa shape index (κ3) is 2.20. The number of hydrogen-bond acceptors (Lipinski definition) is 2. The number of nitrogens with zero attached hydrogens (tertiary/aromatic N) is 1. The summed E-state index contributed by atoms with van der Waals surface area (Å²) in [6, 6.07) is 10.8. The summed E-state index contributed by atoms with van der Waals surface area (Å²) in [5.74, 6) is 0.462. The van der Waals surface area contributed by atoms with E-state index in [2.05, 4.69) is 43.2 Å². The zero-order chi connectivity index (χ0) is 14.1. The Hall–Kier alpha value is -1.83. The molecule has 0 aromatic heterocycles. The molecule has 1 heterocycles. The van der Waals surface area contributed by atoms with E-state index in [9.17, 15) is 4.79 Å². The Kier molecular flexibility index (Phi) is 3.47. The predicted octanol–water partition coefficient (Wildman–Crippen LogP) is 4.02. The van der Waals surface area contributed by atoms with Crippen molar-refractivity contribution < 1.29 is 4.79 Å². The lowest BCUT2D eigenvalue weighted by molar-refractivity contribution is -0.116. The van der Waals surface area contributed by atoms with E-state index < -0.39 is 0 Å². The maximum absolute atomic E-state index is 12.5. The van der Waals surface area contributed by atoms with Gasteiger partial charge in [-0.05, 0) is 32.3 Å². The highest BCUT2D eigenvalue weighted by Crippen LogP contribution is 2.39. The Bertz CT molecular complexity index is 568. The lowest BCUT2D eigenvalue weighted by atomic mass is 9.80. The molecule has 104 valence electrons. The first-order valence-electron chi connectivity index (χ1n) is 7.46. The number of carbonyl (C=O) groups is 1. The topological polar surface area (TPSA) is 20.3 Å². The van der Waals surface area contributed by atoms with E-state index in [-0.39, 0.29) is 5.92 Å². The summed E-state index contributed by atoms with van der Waals surface area (Å²) in [5.41, 5.74) is 3.49. The maximum Gasteiger partial charge on any atom is 0.161 e. The second kappa shape index (κ2) is 5.28. The van der Waals surface area contributed by atoms with Gasteiger partial charge in [0.15, 0.2) is 5.78 Å². The number of benzene rings is 1. The molecule has 1 atom stereocenters. The minimum Gasteiger partial charge on any atom is -0.349 e. The molecule has 0 N–H and O–H groups in total. The van der Waals surface area contributed by atoms with Gasteiger partial charge in [0.25, 0.3) is 0 Å². The summed E-state index contributed by atoms with van der Waals surface area (Å²) in [4.78, 5) is 14.7. The third-order valence-electron chi connectivity index (χ3n) is 4.21. The maximum atomic E-state index is 12.5. The predicted molar refractivity (Wildman–Crippen MR) is 81.2 cm³/mol. The number of carbonyl (C=O) groups excluding carboxylic acids is 1. The second-order valence-corrected chi connectivity index (χ2v) is 5.87. The molecular weight excluding hydrogens is 246 g/mol. The van der Waals surface area contributed by atoms with E-state index in [0.717, 1.165) is 18.4 Å². The Morgan fingerprint density at radius 3 is 2.60 bits per heavy atom. The monoisotopic (exact) mass is 267 g/mol. The lowest BCUT2D eigenvalue weighted by Crippen LogP contribution is -2.33. The van der Waals surface area contributed by atoms with Crippen molar-refractivity contribution in [2.45, 2.75) is 45.1 Å². The van der Waals surface area contributed by atoms with Crippen molar-refractivity contribution in [3.63, 3.8) is 0 Å². The quantitative estimate of drug-likeness (QED) is 0.806. The van der Waals surface area contributed by atoms with Crippen LogP contribution in [0.2, 0.25) is 0 Å². The normalized spacial score (nSPS) is 22.4. The molecule has 3 rings (SSSR count). The molecule has 1 aliphatic heterocycles. The molecule has 0 saturated carbocycles. The molecule has 20 heavy (non-hydrogen) atoms. The summed E-state index contributed by atoms with van der Waals surface area (Å²) < 4.78 is 0. The standard InChI is InChI=1S/C18H21NO/c1-13(2)19-12-11-15(14-7-4-3-5-8-14)18-16(19)9-6-10-17(18)20/h3-5,7-8,11-13,15H,6,9-10H2,1-2H3/t15-/m0/s1. The molecule has 0 fully saturated rings. The number of ketones is 1. The van der Waals surface area contributed by atoms with Gasteiger partial charge in [-0.25, -0.2) is 0 Å². The molecule has 1 aliphatic carbocycles. The second-order valence-electron chi connectivity index (χ2n) is 5.87. The van der Waals surface area contributed by atoms with Gasteiger partial charge in [0.2, 0.25) is 0 Å². The van der Waals surface area contributed by atoms with Crippen molar-refractivity contribution in [3.8, 4) is 0 Å². The largest absolute Gasteiger partial charge is 0.349 e. The molecule has 2 aliphatic rings. The van der Waals surface area contributed by atoms with Crippen molar-refractivity contribution >= 4 is 5.78 Å². The summed E-state index contributed by atoms with van der Waals surface area (Å²) in [7, 11) is 0. The summed E-state index contributed by atoms with van der Waals surface area (Å²) in [5, 5.41) is 0. The first-order chi connectivity index (χ1) is 9.68. The number of hydrogen-bond donors (Lipinski definition) is 0. The van der Waals surface area contributed by atoms with Gasteiger partial charge >= 0.3 is 0 Å². The molecule has 0 amide bonds. The SMILES string of the molecule is CC(C)N1C=C[C@@H](c2ccccc2)C2=C1CCCC2=O. The van der Waals surface area contributed by atoms with Crippen LogP contribution in [0.5, 0.6) is 0 Å². The van der Waals surface area contributed by atoms with E-state index in [1.165, 1.54) is 11.3 Å². The van der Waals surface area contributed by atoms with Crippen LogP contribution in [-0.2, 0) is 4.79 Å². The highest BCUT2D eigenvalue weighted by Gasteiger charge is 2.32. The van der Waals surface area contributed by atoms with Gasteiger partial charge in [-0.15, -0.1) is 0 Å². The Morgan fingerprint density at radius 1 is 1.15 bits per heavy atom. The van der Waals surface area contributed by atoms with E-state index >= 15 is 0 Å². The third-order valence-corrected chi connectivity index (χ3v) is 4.21. The molecule has 0 bridgehead atoms. The van der Waals surface area contributed by atoms with Crippen LogP contribution in [0.1, 0.15) is 44.6 Å². The number of allylic oxidation sites excluding steroid dienone is 3. The molecule has 2 heteroatoms. The van der Waals surface area contributed by atoms with Crippen LogP contribution in [0, 0.1) is 0 Å². The first kappa shape index (κ1) is 13.2. The lowest BCUT2D eigenvalue weighted by Gasteiger charge is -2.37.